The van der Waals surface area contributed by atoms with Gasteiger partial charge in [0.25, 0.3) is 0 Å². The van der Waals surface area contributed by atoms with Crippen LogP contribution in [0, 0.1) is 5.92 Å². The monoisotopic (exact) mass is 336 g/mol. The Morgan fingerprint density at radius 1 is 1.25 bits per heavy atom. The van der Waals surface area contributed by atoms with E-state index in [-0.39, 0.29) is 24.0 Å². The van der Waals surface area contributed by atoms with E-state index in [1.165, 1.54) is 32.1 Å². The summed E-state index contributed by atoms with van der Waals surface area (Å²) in [6.07, 6.45) is 12.8. The topological polar surface area (TPSA) is 19.7 Å². The zero-order chi connectivity index (χ0) is 11.1. The number of unbranched alkanes of at least 4 members (excludes halogenated alkanes) is 2. The fraction of sp³-hybridized carbons (Fsp3) is 0.769. The van der Waals surface area contributed by atoms with Gasteiger partial charge in [0, 0.05) is 0 Å². The second kappa shape index (κ2) is 9.02. The van der Waals surface area contributed by atoms with Gasteiger partial charge in [-0.05, 0) is 25.2 Å². The lowest BCUT2D eigenvalue weighted by Gasteiger charge is -2.19. The van der Waals surface area contributed by atoms with Gasteiger partial charge >= 0.3 is 0 Å². The zero-order valence-corrected chi connectivity index (χ0v) is 12.9. The Morgan fingerprint density at radius 2 is 2.00 bits per heavy atom. The average Bonchev–Trinajstić information content (AvgIpc) is 2.77. The molecule has 0 amide bonds. The molecule has 0 aliphatic heterocycles. The second-order valence-corrected chi connectivity index (χ2v) is 4.51. The predicted molar refractivity (Wildman–Crippen MR) is 63.6 cm³/mol. The third-order valence-electron chi connectivity index (χ3n) is 3.35. The van der Waals surface area contributed by atoms with Crippen LogP contribution in [0.1, 0.15) is 58.9 Å². The molecule has 94 valence electrons. The van der Waals surface area contributed by atoms with Crippen LogP contribution in [-0.4, -0.2) is 4.98 Å². The lowest BCUT2D eigenvalue weighted by molar-refractivity contribution is -0.729. The number of halogens is 1. The van der Waals surface area contributed by atoms with Gasteiger partial charge < -0.3 is 24.0 Å². The Labute approximate surface area is 117 Å². The van der Waals surface area contributed by atoms with Gasteiger partial charge in [-0.1, -0.05) is 33.6 Å². The molecule has 0 fully saturated rings. The summed E-state index contributed by atoms with van der Waals surface area (Å²) in [7, 11) is 0. The molecule has 0 radical (unpaired) electrons. The minimum atomic E-state index is 0. The number of H-pyrrole nitrogens is 1. The van der Waals surface area contributed by atoms with Crippen molar-refractivity contribution in [2.45, 2.75) is 58.9 Å². The SMILES string of the molecule is CCCCCC(C(C)CC)[n+]1cc[nH]c1.[I-]. The molecule has 1 aromatic rings. The van der Waals surface area contributed by atoms with Crippen LogP contribution in [0.25, 0.3) is 0 Å². The standard InChI is InChI=1S/C13H24N2.HI/c1-4-6-7-8-13(12(3)5-2)15-10-9-14-11-15;/h9-13H,4-8H2,1-3H3;1H. The van der Waals surface area contributed by atoms with Gasteiger partial charge in [-0.3, -0.25) is 4.98 Å². The van der Waals surface area contributed by atoms with Gasteiger partial charge in [-0.25, -0.2) is 4.57 Å². The zero-order valence-electron chi connectivity index (χ0n) is 10.7. The fourth-order valence-corrected chi connectivity index (χ4v) is 2.11. The van der Waals surface area contributed by atoms with E-state index >= 15 is 0 Å². The number of hydrogen-bond acceptors (Lipinski definition) is 0. The maximum atomic E-state index is 3.14. The van der Waals surface area contributed by atoms with Crippen molar-refractivity contribution in [3.8, 4) is 0 Å². The molecule has 16 heavy (non-hydrogen) atoms. The molecule has 0 bridgehead atoms. The van der Waals surface area contributed by atoms with Crippen molar-refractivity contribution in [3.05, 3.63) is 18.7 Å². The molecule has 1 aromatic heterocycles. The number of rotatable bonds is 7. The number of hydrogen-bond donors (Lipinski definition) is 1. The molecule has 0 saturated carbocycles. The van der Waals surface area contributed by atoms with Crippen molar-refractivity contribution < 1.29 is 28.5 Å². The molecular formula is C13H25IN2. The second-order valence-electron chi connectivity index (χ2n) is 4.51. The third-order valence-corrected chi connectivity index (χ3v) is 3.35. The van der Waals surface area contributed by atoms with Gasteiger partial charge in [0.1, 0.15) is 18.4 Å². The van der Waals surface area contributed by atoms with Crippen LogP contribution in [0.3, 0.4) is 0 Å². The van der Waals surface area contributed by atoms with Crippen molar-refractivity contribution >= 4 is 0 Å². The summed E-state index contributed by atoms with van der Waals surface area (Å²) in [5, 5.41) is 0. The highest BCUT2D eigenvalue weighted by molar-refractivity contribution is 4.64. The smallest absolute Gasteiger partial charge is 0.241 e. The number of imidazole rings is 1. The first-order chi connectivity index (χ1) is 7.29. The Balaban J connectivity index is 0.00000225. The molecule has 2 nitrogen and oxygen atoms in total. The third kappa shape index (κ3) is 4.85. The van der Waals surface area contributed by atoms with Crippen LogP contribution in [0.2, 0.25) is 0 Å². The highest BCUT2D eigenvalue weighted by Crippen LogP contribution is 2.21. The van der Waals surface area contributed by atoms with Gasteiger partial charge in [0.2, 0.25) is 6.33 Å². The molecule has 0 aromatic carbocycles. The summed E-state index contributed by atoms with van der Waals surface area (Å²) < 4.78 is 2.34. The first kappa shape index (κ1) is 15.9. The lowest BCUT2D eigenvalue weighted by atomic mass is 9.94. The van der Waals surface area contributed by atoms with Crippen molar-refractivity contribution in [2.24, 2.45) is 5.92 Å². The summed E-state index contributed by atoms with van der Waals surface area (Å²) in [4.78, 5) is 3.14. The van der Waals surface area contributed by atoms with Gasteiger partial charge in [-0.2, -0.15) is 0 Å². The molecule has 2 atom stereocenters. The van der Waals surface area contributed by atoms with Gasteiger partial charge in [0.05, 0.1) is 0 Å². The Bertz CT molecular complexity index is 246. The van der Waals surface area contributed by atoms with Crippen LogP contribution in [-0.2, 0) is 0 Å². The van der Waals surface area contributed by atoms with Gasteiger partial charge in [-0.15, -0.1) is 0 Å². The summed E-state index contributed by atoms with van der Waals surface area (Å²) in [5.41, 5.74) is 0. The summed E-state index contributed by atoms with van der Waals surface area (Å²) >= 11 is 0. The van der Waals surface area contributed by atoms with Crippen LogP contribution in [0.5, 0.6) is 0 Å². The van der Waals surface area contributed by atoms with E-state index in [0.717, 1.165) is 5.92 Å². The van der Waals surface area contributed by atoms with E-state index in [0.29, 0.717) is 6.04 Å². The molecular weight excluding hydrogens is 311 g/mol. The number of nitrogens with one attached hydrogen (secondary N) is 1. The quantitative estimate of drug-likeness (QED) is 0.424. The van der Waals surface area contributed by atoms with E-state index in [1.807, 2.05) is 6.20 Å². The number of nitrogens with zero attached hydrogens (tertiary/aromatic N) is 1. The average molecular weight is 336 g/mol. The lowest BCUT2D eigenvalue weighted by Crippen LogP contribution is -3.00. The maximum absolute atomic E-state index is 3.14. The largest absolute Gasteiger partial charge is 1.00 e. The molecule has 1 heterocycles. The summed E-state index contributed by atoms with van der Waals surface area (Å²) in [5.74, 6) is 0.766. The van der Waals surface area contributed by atoms with Crippen LogP contribution < -0.4 is 28.5 Å². The van der Waals surface area contributed by atoms with E-state index in [1.54, 1.807) is 0 Å². The molecule has 0 aliphatic carbocycles. The summed E-state index contributed by atoms with van der Waals surface area (Å²) in [6.45, 7) is 6.91. The Kier molecular flexibility index (Phi) is 8.99. The number of aromatic nitrogens is 2. The molecule has 1 rings (SSSR count). The minimum absolute atomic E-state index is 0. The van der Waals surface area contributed by atoms with Crippen molar-refractivity contribution in [1.82, 2.24) is 4.98 Å². The molecule has 3 heteroatoms. The van der Waals surface area contributed by atoms with Crippen molar-refractivity contribution in [3.63, 3.8) is 0 Å². The van der Waals surface area contributed by atoms with Gasteiger partial charge in [0.15, 0.2) is 0 Å². The normalized spacial score (nSPS) is 14.2. The Morgan fingerprint density at radius 3 is 2.50 bits per heavy atom. The summed E-state index contributed by atoms with van der Waals surface area (Å²) in [6, 6.07) is 0.674. The Hall–Kier alpha value is -0.0600. The van der Waals surface area contributed by atoms with Crippen molar-refractivity contribution in [1.29, 1.82) is 0 Å². The minimum Gasteiger partial charge on any atom is -1.00 e. The van der Waals surface area contributed by atoms with E-state index in [2.05, 4.69) is 42.8 Å². The highest BCUT2D eigenvalue weighted by Gasteiger charge is 2.20. The van der Waals surface area contributed by atoms with Crippen LogP contribution >= 0.6 is 0 Å². The predicted octanol–water partition coefficient (Wildman–Crippen LogP) is 0.474. The van der Waals surface area contributed by atoms with Crippen LogP contribution in [0.15, 0.2) is 18.7 Å². The van der Waals surface area contributed by atoms with Crippen LogP contribution in [0.4, 0.5) is 0 Å². The van der Waals surface area contributed by atoms with E-state index < -0.39 is 0 Å². The molecule has 0 aliphatic rings. The first-order valence-corrected chi connectivity index (χ1v) is 6.33. The molecule has 2 unspecified atom stereocenters. The van der Waals surface area contributed by atoms with Crippen molar-refractivity contribution in [2.75, 3.05) is 0 Å². The molecule has 0 saturated heterocycles. The fourth-order valence-electron chi connectivity index (χ4n) is 2.11. The number of aromatic amines is 1. The van der Waals surface area contributed by atoms with E-state index in [9.17, 15) is 0 Å². The van der Waals surface area contributed by atoms with E-state index in [4.69, 9.17) is 0 Å². The first-order valence-electron chi connectivity index (χ1n) is 6.33. The highest BCUT2D eigenvalue weighted by atomic mass is 127. The molecule has 0 spiro atoms. The molecule has 1 N–H and O–H groups in total. The maximum Gasteiger partial charge on any atom is 0.241 e.